The molecule has 9 nitrogen and oxygen atoms in total. The van der Waals surface area contributed by atoms with Crippen LogP contribution in [0.1, 0.15) is 21.5 Å². The van der Waals surface area contributed by atoms with Crippen LogP contribution in [0.15, 0.2) is 71.6 Å². The topological polar surface area (TPSA) is 116 Å². The molecule has 182 valence electrons. The van der Waals surface area contributed by atoms with E-state index in [9.17, 15) is 24.5 Å². The zero-order valence-electron chi connectivity index (χ0n) is 18.7. The zero-order valence-corrected chi connectivity index (χ0v) is 21.6. The van der Waals surface area contributed by atoms with Crippen molar-refractivity contribution in [2.75, 3.05) is 7.11 Å². The Morgan fingerprint density at radius 1 is 1.08 bits per heavy atom. The van der Waals surface area contributed by atoms with Crippen LogP contribution in [0.25, 0.3) is 6.08 Å². The number of amides is 2. The third kappa shape index (κ3) is 5.41. The van der Waals surface area contributed by atoms with Crippen LogP contribution in [0.2, 0.25) is 0 Å². The van der Waals surface area contributed by atoms with Gasteiger partial charge in [0.25, 0.3) is 16.8 Å². The number of para-hydroxylation sites is 1. The summed E-state index contributed by atoms with van der Waals surface area (Å²) in [5.74, 6) is -0.635. The van der Waals surface area contributed by atoms with E-state index in [0.29, 0.717) is 11.1 Å². The van der Waals surface area contributed by atoms with Crippen LogP contribution < -0.4 is 9.47 Å². The maximum Gasteiger partial charge on any atom is 0.344 e. The number of hydrogen-bond acceptors (Lipinski definition) is 8. The summed E-state index contributed by atoms with van der Waals surface area (Å²) in [7, 11) is 1.42. The van der Waals surface area contributed by atoms with Gasteiger partial charge >= 0.3 is 5.97 Å². The molecule has 0 unspecified atom stereocenters. The highest BCUT2D eigenvalue weighted by atomic mass is 127. The molecule has 1 saturated heterocycles. The van der Waals surface area contributed by atoms with Gasteiger partial charge in [0, 0.05) is 15.2 Å². The third-order valence-electron chi connectivity index (χ3n) is 5.17. The van der Waals surface area contributed by atoms with Gasteiger partial charge in [0.15, 0.2) is 11.5 Å². The fourth-order valence-corrected chi connectivity index (χ4v) is 4.87. The maximum absolute atomic E-state index is 12.9. The van der Waals surface area contributed by atoms with Crippen LogP contribution in [-0.2, 0) is 11.3 Å². The Bertz CT molecular complexity index is 1420. The molecule has 36 heavy (non-hydrogen) atoms. The Labute approximate surface area is 223 Å². The number of ether oxygens (including phenoxy) is 2. The van der Waals surface area contributed by atoms with Gasteiger partial charge in [-0.15, -0.1) is 0 Å². The number of nitrogens with zero attached hydrogens (tertiary/aromatic N) is 2. The van der Waals surface area contributed by atoms with Crippen LogP contribution in [0.4, 0.5) is 10.5 Å². The number of nitro groups is 1. The van der Waals surface area contributed by atoms with Gasteiger partial charge in [-0.2, -0.15) is 0 Å². The molecule has 0 radical (unpaired) electrons. The highest BCUT2D eigenvalue weighted by molar-refractivity contribution is 14.1. The smallest absolute Gasteiger partial charge is 0.344 e. The second-order valence-electron chi connectivity index (χ2n) is 7.43. The number of thioether (sulfide) groups is 1. The molecule has 1 fully saturated rings. The number of rotatable bonds is 7. The van der Waals surface area contributed by atoms with Gasteiger partial charge in [0.1, 0.15) is 0 Å². The van der Waals surface area contributed by atoms with E-state index >= 15 is 0 Å². The van der Waals surface area contributed by atoms with E-state index in [4.69, 9.17) is 9.47 Å². The number of carbonyl (C=O) groups excluding carboxylic acids is 3. The highest BCUT2D eigenvalue weighted by Crippen LogP contribution is 2.36. The lowest BCUT2D eigenvalue weighted by Crippen LogP contribution is -2.27. The van der Waals surface area contributed by atoms with Crippen molar-refractivity contribution in [1.82, 2.24) is 4.90 Å². The van der Waals surface area contributed by atoms with Crippen LogP contribution >= 0.6 is 34.4 Å². The molecular formula is C25H17IN2O7S. The van der Waals surface area contributed by atoms with Gasteiger partial charge in [-0.25, -0.2) is 4.79 Å². The molecule has 0 atom stereocenters. The molecule has 1 aliphatic heterocycles. The van der Waals surface area contributed by atoms with E-state index in [-0.39, 0.29) is 34.2 Å². The predicted molar refractivity (Wildman–Crippen MR) is 142 cm³/mol. The minimum Gasteiger partial charge on any atom is -0.493 e. The lowest BCUT2D eigenvalue weighted by molar-refractivity contribution is -0.385. The number of imide groups is 1. The summed E-state index contributed by atoms with van der Waals surface area (Å²) in [4.78, 5) is 49.8. The lowest BCUT2D eigenvalue weighted by atomic mass is 10.1. The van der Waals surface area contributed by atoms with Gasteiger partial charge in [0.2, 0.25) is 0 Å². The molecular weight excluding hydrogens is 599 g/mol. The number of esters is 1. The van der Waals surface area contributed by atoms with Crippen LogP contribution in [0.3, 0.4) is 0 Å². The first-order chi connectivity index (χ1) is 17.3. The first-order valence-corrected chi connectivity index (χ1v) is 12.3. The minimum atomic E-state index is -0.559. The molecule has 1 aliphatic rings. The normalized spacial score (nSPS) is 14.3. The Hall–Kier alpha value is -3.71. The molecule has 0 aromatic heterocycles. The van der Waals surface area contributed by atoms with Crippen molar-refractivity contribution in [3.05, 3.63) is 102 Å². The average Bonchev–Trinajstić information content (AvgIpc) is 3.12. The fourth-order valence-electron chi connectivity index (χ4n) is 3.42. The Morgan fingerprint density at radius 2 is 1.81 bits per heavy atom. The fraction of sp³-hybridized carbons (Fsp3) is 0.0800. The largest absolute Gasteiger partial charge is 0.493 e. The number of methoxy groups -OCH3 is 1. The molecule has 2 amide bonds. The monoisotopic (exact) mass is 616 g/mol. The summed E-state index contributed by atoms with van der Waals surface area (Å²) in [6.07, 6.45) is 1.51. The third-order valence-corrected chi connectivity index (χ3v) is 7.02. The first kappa shape index (κ1) is 25.4. The Morgan fingerprint density at radius 3 is 2.53 bits per heavy atom. The van der Waals surface area contributed by atoms with Gasteiger partial charge in [-0.05, 0) is 70.3 Å². The quantitative estimate of drug-likeness (QED) is 0.0834. The van der Waals surface area contributed by atoms with E-state index in [0.717, 1.165) is 20.2 Å². The van der Waals surface area contributed by atoms with E-state index in [1.807, 2.05) is 28.7 Å². The average molecular weight is 616 g/mol. The van der Waals surface area contributed by atoms with Gasteiger partial charge in [-0.3, -0.25) is 24.6 Å². The second-order valence-corrected chi connectivity index (χ2v) is 9.59. The molecule has 0 bridgehead atoms. The summed E-state index contributed by atoms with van der Waals surface area (Å²) in [6, 6.07) is 17.7. The lowest BCUT2D eigenvalue weighted by Gasteiger charge is -2.12. The Balaban J connectivity index is 1.54. The van der Waals surface area contributed by atoms with Gasteiger partial charge < -0.3 is 9.47 Å². The van der Waals surface area contributed by atoms with Crippen molar-refractivity contribution >= 4 is 63.2 Å². The van der Waals surface area contributed by atoms with Crippen molar-refractivity contribution in [2.45, 2.75) is 6.54 Å². The number of hydrogen-bond donors (Lipinski definition) is 0. The van der Waals surface area contributed by atoms with Crippen LogP contribution in [0, 0.1) is 13.7 Å². The minimum absolute atomic E-state index is 0.157. The van der Waals surface area contributed by atoms with Gasteiger partial charge in [0.05, 0.1) is 29.0 Å². The molecule has 3 aromatic rings. The summed E-state index contributed by atoms with van der Waals surface area (Å²) in [5.41, 5.74) is 1.04. The zero-order chi connectivity index (χ0) is 25.8. The highest BCUT2D eigenvalue weighted by Gasteiger charge is 2.36. The second kappa shape index (κ2) is 10.9. The van der Waals surface area contributed by atoms with Crippen molar-refractivity contribution in [2.24, 2.45) is 0 Å². The van der Waals surface area contributed by atoms with Crippen molar-refractivity contribution in [3.8, 4) is 11.5 Å². The van der Waals surface area contributed by atoms with Crippen LogP contribution in [-0.4, -0.2) is 34.0 Å². The summed E-state index contributed by atoms with van der Waals surface area (Å²) >= 11 is 2.79. The standard InChI is InChI=1S/C25H17IN2O7S/c1-34-21-12-15(10-11-20(21)35-24(30)17-7-3-4-8-18(17)26)13-22-23(29)27(25(31)36-22)14-16-6-2-5-9-19(16)28(32)33/h2-13H,14H2,1H3/b22-13-. The number of nitro benzene ring substituents is 1. The Kier molecular flexibility index (Phi) is 7.70. The summed E-state index contributed by atoms with van der Waals surface area (Å²) in [6.45, 7) is -0.213. The van der Waals surface area contributed by atoms with E-state index in [1.165, 1.54) is 37.5 Å². The molecule has 0 spiro atoms. The molecule has 0 saturated carbocycles. The SMILES string of the molecule is COc1cc(/C=C2\SC(=O)N(Cc3ccccc3[N+](=O)[O-])C2=O)ccc1OC(=O)c1ccccc1I. The van der Waals surface area contributed by atoms with Crippen molar-refractivity contribution < 1.29 is 28.8 Å². The molecule has 0 aliphatic carbocycles. The van der Waals surface area contributed by atoms with Crippen molar-refractivity contribution in [3.63, 3.8) is 0 Å². The first-order valence-electron chi connectivity index (χ1n) is 10.4. The number of benzene rings is 3. The van der Waals surface area contributed by atoms with Crippen LogP contribution in [0.5, 0.6) is 11.5 Å². The maximum atomic E-state index is 12.9. The molecule has 4 rings (SSSR count). The molecule has 11 heteroatoms. The van der Waals surface area contributed by atoms with Gasteiger partial charge in [-0.1, -0.05) is 36.4 Å². The van der Waals surface area contributed by atoms with E-state index < -0.39 is 22.0 Å². The number of halogens is 1. The predicted octanol–water partition coefficient (Wildman–Crippen LogP) is 5.66. The molecule has 1 heterocycles. The van der Waals surface area contributed by atoms with E-state index in [1.54, 1.807) is 36.4 Å². The number of carbonyl (C=O) groups is 3. The molecule has 3 aromatic carbocycles. The van der Waals surface area contributed by atoms with Crippen molar-refractivity contribution in [1.29, 1.82) is 0 Å². The molecule has 0 N–H and O–H groups in total. The van der Waals surface area contributed by atoms with E-state index in [2.05, 4.69) is 0 Å². The summed E-state index contributed by atoms with van der Waals surface area (Å²) < 4.78 is 11.6. The summed E-state index contributed by atoms with van der Waals surface area (Å²) in [5, 5.41) is 10.7.